The van der Waals surface area contributed by atoms with E-state index < -0.39 is 28.5 Å². The molecule has 0 aliphatic carbocycles. The van der Waals surface area contributed by atoms with Crippen LogP contribution in [-0.2, 0) is 19.6 Å². The number of carbonyl (C=O) groups excluding carboxylic acids is 2. The smallest absolute Gasteiger partial charge is 0.338 e. The van der Waals surface area contributed by atoms with E-state index in [4.69, 9.17) is 4.74 Å². The van der Waals surface area contributed by atoms with Crippen molar-refractivity contribution in [2.24, 2.45) is 0 Å². The number of hydrogen-bond donors (Lipinski definition) is 1. The molecular formula is C23H28N2O5S. The van der Waals surface area contributed by atoms with E-state index in [0.29, 0.717) is 29.9 Å². The van der Waals surface area contributed by atoms with Gasteiger partial charge in [0, 0.05) is 18.8 Å². The molecule has 1 aliphatic rings. The quantitative estimate of drug-likeness (QED) is 0.688. The van der Waals surface area contributed by atoms with Crippen molar-refractivity contribution in [1.29, 1.82) is 0 Å². The third kappa shape index (κ3) is 5.51. The first-order chi connectivity index (χ1) is 14.7. The molecule has 166 valence electrons. The predicted octanol–water partition coefficient (Wildman–Crippen LogP) is 3.58. The molecule has 0 aromatic heterocycles. The molecule has 8 heteroatoms. The molecule has 1 amide bonds. The van der Waals surface area contributed by atoms with Gasteiger partial charge in [-0.15, -0.1) is 0 Å². The molecule has 1 fully saturated rings. The van der Waals surface area contributed by atoms with Crippen LogP contribution in [0.5, 0.6) is 0 Å². The zero-order valence-electron chi connectivity index (χ0n) is 18.1. The number of sulfonamides is 1. The monoisotopic (exact) mass is 444 g/mol. The van der Waals surface area contributed by atoms with E-state index >= 15 is 0 Å². The predicted molar refractivity (Wildman–Crippen MR) is 119 cm³/mol. The molecule has 1 N–H and O–H groups in total. The van der Waals surface area contributed by atoms with Gasteiger partial charge in [-0.1, -0.05) is 30.2 Å². The van der Waals surface area contributed by atoms with Crippen molar-refractivity contribution < 1.29 is 22.7 Å². The van der Waals surface area contributed by atoms with Crippen molar-refractivity contribution in [2.45, 2.75) is 44.9 Å². The van der Waals surface area contributed by atoms with E-state index in [1.54, 1.807) is 38.1 Å². The van der Waals surface area contributed by atoms with Crippen molar-refractivity contribution in [3.8, 4) is 0 Å². The lowest BCUT2D eigenvalue weighted by Crippen LogP contribution is -2.35. The first-order valence-corrected chi connectivity index (χ1v) is 11.8. The molecule has 31 heavy (non-hydrogen) atoms. The Balaban J connectivity index is 1.67. The summed E-state index contributed by atoms with van der Waals surface area (Å²) in [6.45, 7) is 6.06. The Morgan fingerprint density at radius 3 is 2.35 bits per heavy atom. The summed E-state index contributed by atoms with van der Waals surface area (Å²) in [5.74, 6) is -1.11. The first-order valence-electron chi connectivity index (χ1n) is 10.3. The molecular weight excluding hydrogens is 416 g/mol. The van der Waals surface area contributed by atoms with Gasteiger partial charge >= 0.3 is 5.97 Å². The SMILES string of the molecule is Cc1ccc(C(=O)OCC(=O)Nc2cc(S(=O)(=O)N3CCCCC3)ccc2C)c(C)c1. The molecule has 1 saturated heterocycles. The van der Waals surface area contributed by atoms with Crippen LogP contribution in [0.25, 0.3) is 0 Å². The van der Waals surface area contributed by atoms with Gasteiger partial charge < -0.3 is 10.1 Å². The van der Waals surface area contributed by atoms with Crippen LogP contribution in [0.2, 0.25) is 0 Å². The van der Waals surface area contributed by atoms with Gasteiger partial charge in [0.25, 0.3) is 5.91 Å². The van der Waals surface area contributed by atoms with Gasteiger partial charge in [-0.25, -0.2) is 13.2 Å². The van der Waals surface area contributed by atoms with Crippen LogP contribution in [0.1, 0.15) is 46.3 Å². The van der Waals surface area contributed by atoms with Crippen LogP contribution in [0.4, 0.5) is 5.69 Å². The second-order valence-corrected chi connectivity index (χ2v) is 9.82. The maximum Gasteiger partial charge on any atom is 0.338 e. The summed E-state index contributed by atoms with van der Waals surface area (Å²) in [4.78, 5) is 24.8. The fourth-order valence-electron chi connectivity index (χ4n) is 3.59. The van der Waals surface area contributed by atoms with Crippen LogP contribution in [0.3, 0.4) is 0 Å². The summed E-state index contributed by atoms with van der Waals surface area (Å²) in [7, 11) is -3.61. The number of hydrogen-bond acceptors (Lipinski definition) is 5. The molecule has 2 aromatic rings. The van der Waals surface area contributed by atoms with E-state index in [1.165, 1.54) is 10.4 Å². The molecule has 0 saturated carbocycles. The lowest BCUT2D eigenvalue weighted by Gasteiger charge is -2.26. The van der Waals surface area contributed by atoms with Crippen LogP contribution >= 0.6 is 0 Å². The third-order valence-electron chi connectivity index (χ3n) is 5.37. The molecule has 0 atom stereocenters. The molecule has 7 nitrogen and oxygen atoms in total. The van der Waals surface area contributed by atoms with Gasteiger partial charge in [-0.2, -0.15) is 4.31 Å². The van der Waals surface area contributed by atoms with Crippen LogP contribution in [0.15, 0.2) is 41.3 Å². The Morgan fingerprint density at radius 2 is 1.68 bits per heavy atom. The number of nitrogens with zero attached hydrogens (tertiary/aromatic N) is 1. The highest BCUT2D eigenvalue weighted by atomic mass is 32.2. The summed E-state index contributed by atoms with van der Waals surface area (Å²) in [5.41, 5.74) is 3.31. The number of esters is 1. The van der Waals surface area contributed by atoms with Crippen LogP contribution in [-0.4, -0.2) is 44.3 Å². The van der Waals surface area contributed by atoms with Crippen molar-refractivity contribution in [3.63, 3.8) is 0 Å². The number of ether oxygens (including phenoxy) is 1. The highest BCUT2D eigenvalue weighted by Gasteiger charge is 2.26. The molecule has 0 unspecified atom stereocenters. The van der Waals surface area contributed by atoms with Gasteiger partial charge in [0.2, 0.25) is 10.0 Å². The fraction of sp³-hybridized carbons (Fsp3) is 0.391. The molecule has 1 heterocycles. The summed E-state index contributed by atoms with van der Waals surface area (Å²) < 4.78 is 32.4. The zero-order valence-corrected chi connectivity index (χ0v) is 18.9. The topological polar surface area (TPSA) is 92.8 Å². The van der Waals surface area contributed by atoms with Crippen LogP contribution in [0, 0.1) is 20.8 Å². The normalized spacial score (nSPS) is 14.8. The van der Waals surface area contributed by atoms with E-state index in [0.717, 1.165) is 30.4 Å². The Kier molecular flexibility index (Phi) is 7.12. The van der Waals surface area contributed by atoms with Crippen molar-refractivity contribution in [2.75, 3.05) is 25.0 Å². The summed E-state index contributed by atoms with van der Waals surface area (Å²) >= 11 is 0. The minimum atomic E-state index is -3.61. The number of benzene rings is 2. The molecule has 2 aromatic carbocycles. The highest BCUT2D eigenvalue weighted by Crippen LogP contribution is 2.25. The lowest BCUT2D eigenvalue weighted by atomic mass is 10.1. The number of anilines is 1. The number of rotatable bonds is 6. The van der Waals surface area contributed by atoms with Crippen molar-refractivity contribution in [3.05, 3.63) is 58.7 Å². The van der Waals surface area contributed by atoms with E-state index in [1.807, 2.05) is 13.0 Å². The zero-order chi connectivity index (χ0) is 22.6. The molecule has 0 spiro atoms. The molecule has 0 radical (unpaired) electrons. The minimum Gasteiger partial charge on any atom is -0.452 e. The van der Waals surface area contributed by atoms with E-state index in [9.17, 15) is 18.0 Å². The van der Waals surface area contributed by atoms with Gasteiger partial charge in [0.05, 0.1) is 10.5 Å². The molecule has 1 aliphatic heterocycles. The van der Waals surface area contributed by atoms with Crippen molar-refractivity contribution in [1.82, 2.24) is 4.31 Å². The third-order valence-corrected chi connectivity index (χ3v) is 7.27. The second-order valence-electron chi connectivity index (χ2n) is 7.88. The average Bonchev–Trinajstić information content (AvgIpc) is 2.74. The first kappa shape index (κ1) is 23.0. The minimum absolute atomic E-state index is 0.141. The fourth-order valence-corrected chi connectivity index (χ4v) is 5.13. The maximum atomic E-state index is 12.9. The van der Waals surface area contributed by atoms with Gasteiger partial charge in [0.15, 0.2) is 6.61 Å². The average molecular weight is 445 g/mol. The summed E-state index contributed by atoms with van der Waals surface area (Å²) in [6.07, 6.45) is 2.73. The maximum absolute atomic E-state index is 12.9. The number of aryl methyl sites for hydroxylation is 3. The van der Waals surface area contributed by atoms with E-state index in [-0.39, 0.29) is 4.90 Å². The number of carbonyl (C=O) groups is 2. The van der Waals surface area contributed by atoms with Crippen LogP contribution < -0.4 is 5.32 Å². The van der Waals surface area contributed by atoms with E-state index in [2.05, 4.69) is 5.32 Å². The molecule has 0 bridgehead atoms. The summed E-state index contributed by atoms with van der Waals surface area (Å²) in [5, 5.41) is 2.66. The Labute approximate surface area is 183 Å². The van der Waals surface area contributed by atoms with Gasteiger partial charge in [-0.3, -0.25) is 4.79 Å². The van der Waals surface area contributed by atoms with Gasteiger partial charge in [-0.05, 0) is 62.9 Å². The number of nitrogens with one attached hydrogen (secondary N) is 1. The second kappa shape index (κ2) is 9.62. The number of amides is 1. The van der Waals surface area contributed by atoms with Gasteiger partial charge in [0.1, 0.15) is 0 Å². The Morgan fingerprint density at radius 1 is 0.968 bits per heavy atom. The molecule has 3 rings (SSSR count). The largest absolute Gasteiger partial charge is 0.452 e. The summed E-state index contributed by atoms with van der Waals surface area (Å²) in [6, 6.07) is 10.0. The Bertz CT molecular complexity index is 1090. The highest BCUT2D eigenvalue weighted by molar-refractivity contribution is 7.89. The lowest BCUT2D eigenvalue weighted by molar-refractivity contribution is -0.119. The number of piperidine rings is 1. The standard InChI is InChI=1S/C23H28N2O5S/c1-16-7-10-20(18(3)13-16)23(27)30-15-22(26)24-21-14-19(9-8-17(21)2)31(28,29)25-11-5-4-6-12-25/h7-10,13-14H,4-6,11-12,15H2,1-3H3,(H,24,26). The Hall–Kier alpha value is -2.71. The van der Waals surface area contributed by atoms with Crippen molar-refractivity contribution >= 4 is 27.6 Å².